The zero-order valence-corrected chi connectivity index (χ0v) is 15.3. The third kappa shape index (κ3) is 4.23. The van der Waals surface area contributed by atoms with E-state index in [1.165, 1.54) is 17.4 Å². The molecule has 3 N–H and O–H groups in total. The SMILES string of the molecule is CN(CC(C)(C)CN)S(=O)(=O)c1ccc2c(c1)C(=O)NCC2.Cl. The highest BCUT2D eigenvalue weighted by atomic mass is 35.5. The molecule has 0 atom stereocenters. The third-order valence-corrected chi connectivity index (χ3v) is 5.72. The van der Waals surface area contributed by atoms with E-state index in [-0.39, 0.29) is 28.6 Å². The van der Waals surface area contributed by atoms with Gasteiger partial charge in [0.15, 0.2) is 0 Å². The van der Waals surface area contributed by atoms with Gasteiger partial charge < -0.3 is 11.1 Å². The van der Waals surface area contributed by atoms with Crippen LogP contribution in [-0.4, -0.2) is 45.3 Å². The predicted molar refractivity (Wildman–Crippen MR) is 92.4 cm³/mol. The second-order valence-electron chi connectivity index (χ2n) is 6.45. The number of amides is 1. The third-order valence-electron chi connectivity index (χ3n) is 3.92. The standard InChI is InChI=1S/C15H23N3O3S.ClH/c1-15(2,9-16)10-18(3)22(20,21)12-5-4-11-6-7-17-14(19)13(11)8-12;/h4-5,8H,6-7,9-10,16H2,1-3H3,(H,17,19);1H. The topological polar surface area (TPSA) is 92.5 Å². The number of nitrogens with zero attached hydrogens (tertiary/aromatic N) is 1. The van der Waals surface area contributed by atoms with E-state index in [0.29, 0.717) is 25.2 Å². The summed E-state index contributed by atoms with van der Waals surface area (Å²) < 4.78 is 26.6. The van der Waals surface area contributed by atoms with Gasteiger partial charge in [0.2, 0.25) is 10.0 Å². The van der Waals surface area contributed by atoms with Crippen molar-refractivity contribution in [2.75, 3.05) is 26.7 Å². The molecule has 0 aromatic heterocycles. The molecule has 1 aliphatic rings. The number of nitrogens with one attached hydrogen (secondary N) is 1. The van der Waals surface area contributed by atoms with E-state index in [1.54, 1.807) is 12.1 Å². The van der Waals surface area contributed by atoms with Crippen LogP contribution in [0.5, 0.6) is 0 Å². The lowest BCUT2D eigenvalue weighted by atomic mass is 9.94. The zero-order chi connectivity index (χ0) is 16.5. The predicted octanol–water partition coefficient (Wildman–Crippen LogP) is 1.000. The van der Waals surface area contributed by atoms with Crippen molar-refractivity contribution in [3.63, 3.8) is 0 Å². The van der Waals surface area contributed by atoms with Crippen LogP contribution in [0.15, 0.2) is 23.1 Å². The second-order valence-corrected chi connectivity index (χ2v) is 8.50. The van der Waals surface area contributed by atoms with Crippen LogP contribution in [0.3, 0.4) is 0 Å². The minimum Gasteiger partial charge on any atom is -0.352 e. The van der Waals surface area contributed by atoms with Crippen LogP contribution in [0.2, 0.25) is 0 Å². The van der Waals surface area contributed by atoms with Gasteiger partial charge in [-0.3, -0.25) is 4.79 Å². The minimum atomic E-state index is -3.64. The summed E-state index contributed by atoms with van der Waals surface area (Å²) in [5.41, 5.74) is 6.68. The number of benzene rings is 1. The Hall–Kier alpha value is -1.15. The Labute approximate surface area is 143 Å². The van der Waals surface area contributed by atoms with Gasteiger partial charge in [-0.2, -0.15) is 0 Å². The fourth-order valence-corrected chi connectivity index (χ4v) is 3.87. The molecule has 2 rings (SSSR count). The molecule has 8 heteroatoms. The van der Waals surface area contributed by atoms with Crippen molar-refractivity contribution >= 4 is 28.3 Å². The number of rotatable bonds is 5. The van der Waals surface area contributed by atoms with Crippen LogP contribution in [0.25, 0.3) is 0 Å². The molecule has 0 spiro atoms. The van der Waals surface area contributed by atoms with Gasteiger partial charge in [0, 0.05) is 25.7 Å². The monoisotopic (exact) mass is 361 g/mol. The lowest BCUT2D eigenvalue weighted by Gasteiger charge is -2.28. The summed E-state index contributed by atoms with van der Waals surface area (Å²) in [4.78, 5) is 12.0. The van der Waals surface area contributed by atoms with Crippen LogP contribution in [-0.2, 0) is 16.4 Å². The number of carbonyl (C=O) groups excluding carboxylic acids is 1. The Morgan fingerprint density at radius 2 is 2.00 bits per heavy atom. The number of hydrogen-bond donors (Lipinski definition) is 2. The number of fused-ring (bicyclic) bond motifs is 1. The Kier molecular flexibility index (Phi) is 6.20. The van der Waals surface area contributed by atoms with Crippen molar-refractivity contribution < 1.29 is 13.2 Å². The molecule has 0 saturated heterocycles. The lowest BCUT2D eigenvalue weighted by molar-refractivity contribution is 0.0945. The molecule has 0 aliphatic carbocycles. The van der Waals surface area contributed by atoms with Gasteiger partial charge in [-0.25, -0.2) is 12.7 Å². The average Bonchev–Trinajstić information content (AvgIpc) is 2.47. The fraction of sp³-hybridized carbons (Fsp3) is 0.533. The first-order valence-corrected chi connectivity index (χ1v) is 8.69. The van der Waals surface area contributed by atoms with Gasteiger partial charge >= 0.3 is 0 Å². The van der Waals surface area contributed by atoms with E-state index < -0.39 is 10.0 Å². The van der Waals surface area contributed by atoms with Gasteiger partial charge in [0.1, 0.15) is 0 Å². The minimum absolute atomic E-state index is 0. The smallest absolute Gasteiger partial charge is 0.251 e. The largest absolute Gasteiger partial charge is 0.352 e. The molecule has 1 aliphatic heterocycles. The Balaban J connectivity index is 0.00000264. The maximum Gasteiger partial charge on any atom is 0.251 e. The summed E-state index contributed by atoms with van der Waals surface area (Å²) >= 11 is 0. The summed E-state index contributed by atoms with van der Waals surface area (Å²) in [5.74, 6) is -0.219. The number of halogens is 1. The number of nitrogens with two attached hydrogens (primary N) is 1. The molecule has 0 unspecified atom stereocenters. The maximum atomic E-state index is 12.7. The lowest BCUT2D eigenvalue weighted by Crippen LogP contribution is -2.40. The Bertz CT molecular complexity index is 689. The summed E-state index contributed by atoms with van der Waals surface area (Å²) in [5, 5.41) is 2.73. The quantitative estimate of drug-likeness (QED) is 0.818. The Morgan fingerprint density at radius 3 is 2.61 bits per heavy atom. The van der Waals surface area contributed by atoms with Crippen molar-refractivity contribution in [1.29, 1.82) is 0 Å². The van der Waals surface area contributed by atoms with Crippen molar-refractivity contribution in [3.8, 4) is 0 Å². The van der Waals surface area contributed by atoms with Crippen LogP contribution in [0.1, 0.15) is 29.8 Å². The van der Waals surface area contributed by atoms with Gasteiger partial charge in [-0.1, -0.05) is 19.9 Å². The first kappa shape index (κ1) is 19.9. The van der Waals surface area contributed by atoms with Crippen molar-refractivity contribution in [1.82, 2.24) is 9.62 Å². The number of carbonyl (C=O) groups is 1. The Morgan fingerprint density at radius 1 is 1.35 bits per heavy atom. The maximum absolute atomic E-state index is 12.7. The molecule has 0 bridgehead atoms. The van der Waals surface area contributed by atoms with E-state index in [2.05, 4.69) is 5.32 Å². The van der Waals surface area contributed by atoms with E-state index in [1.807, 2.05) is 13.8 Å². The second kappa shape index (κ2) is 7.17. The van der Waals surface area contributed by atoms with Gasteiger partial charge in [-0.15, -0.1) is 12.4 Å². The van der Waals surface area contributed by atoms with E-state index >= 15 is 0 Å². The molecule has 1 aromatic rings. The molecular weight excluding hydrogens is 338 g/mol. The van der Waals surface area contributed by atoms with Gasteiger partial charge in [0.25, 0.3) is 5.91 Å². The highest BCUT2D eigenvalue weighted by Crippen LogP contribution is 2.24. The molecule has 23 heavy (non-hydrogen) atoms. The molecule has 0 fully saturated rings. The summed E-state index contributed by atoms with van der Waals surface area (Å²) in [6.07, 6.45) is 0.720. The summed E-state index contributed by atoms with van der Waals surface area (Å²) in [7, 11) is -2.11. The normalized spacial score (nSPS) is 14.9. The molecule has 1 amide bonds. The van der Waals surface area contributed by atoms with Gasteiger partial charge in [0.05, 0.1) is 4.90 Å². The first-order chi connectivity index (χ1) is 10.2. The van der Waals surface area contributed by atoms with Crippen LogP contribution in [0.4, 0.5) is 0 Å². The van der Waals surface area contributed by atoms with Gasteiger partial charge in [-0.05, 0) is 36.1 Å². The van der Waals surface area contributed by atoms with E-state index in [9.17, 15) is 13.2 Å². The number of sulfonamides is 1. The molecule has 6 nitrogen and oxygen atoms in total. The van der Waals surface area contributed by atoms with Crippen LogP contribution in [0, 0.1) is 5.41 Å². The van der Waals surface area contributed by atoms with Crippen molar-refractivity contribution in [2.45, 2.75) is 25.2 Å². The zero-order valence-electron chi connectivity index (χ0n) is 13.6. The van der Waals surface area contributed by atoms with Crippen molar-refractivity contribution in [2.24, 2.45) is 11.1 Å². The van der Waals surface area contributed by atoms with E-state index in [0.717, 1.165) is 12.0 Å². The molecular formula is C15H24ClN3O3S. The van der Waals surface area contributed by atoms with Crippen LogP contribution < -0.4 is 11.1 Å². The highest BCUT2D eigenvalue weighted by molar-refractivity contribution is 7.89. The summed E-state index contributed by atoms with van der Waals surface area (Å²) in [6.45, 7) is 5.12. The van der Waals surface area contributed by atoms with Crippen LogP contribution >= 0.6 is 12.4 Å². The molecule has 1 heterocycles. The highest BCUT2D eigenvalue weighted by Gasteiger charge is 2.28. The number of hydrogen-bond acceptors (Lipinski definition) is 4. The molecule has 0 radical (unpaired) electrons. The fourth-order valence-electron chi connectivity index (χ4n) is 2.48. The van der Waals surface area contributed by atoms with Crippen molar-refractivity contribution in [3.05, 3.63) is 29.3 Å². The average molecular weight is 362 g/mol. The van der Waals surface area contributed by atoms with E-state index in [4.69, 9.17) is 5.73 Å². The molecule has 130 valence electrons. The first-order valence-electron chi connectivity index (χ1n) is 7.25. The molecule has 0 saturated carbocycles. The summed E-state index contributed by atoms with van der Waals surface area (Å²) in [6, 6.07) is 4.76. The molecule has 1 aromatic carbocycles.